The topological polar surface area (TPSA) is 55.1 Å². The number of carbonyl (C=O) groups excluding carboxylic acids is 1. The van der Waals surface area contributed by atoms with Crippen LogP contribution >= 0.6 is 11.8 Å². The Morgan fingerprint density at radius 2 is 2.22 bits per heavy atom. The number of rotatable bonds is 4. The number of carbonyl (C=O) groups is 1. The van der Waals surface area contributed by atoms with Crippen molar-refractivity contribution in [3.8, 4) is 0 Å². The summed E-state index contributed by atoms with van der Waals surface area (Å²) in [6.45, 7) is 2.91. The lowest BCUT2D eigenvalue weighted by molar-refractivity contribution is -0.122. The molecular formula is C14H20N2OS. The first-order valence-corrected chi connectivity index (χ1v) is 7.31. The summed E-state index contributed by atoms with van der Waals surface area (Å²) in [7, 11) is 0. The van der Waals surface area contributed by atoms with Crippen LogP contribution in [0.5, 0.6) is 0 Å². The van der Waals surface area contributed by atoms with Gasteiger partial charge in [0.1, 0.15) is 6.04 Å². The molecular weight excluding hydrogens is 244 g/mol. The molecule has 2 rings (SSSR count). The zero-order chi connectivity index (χ0) is 13.0. The average molecular weight is 264 g/mol. The van der Waals surface area contributed by atoms with Gasteiger partial charge in [0, 0.05) is 11.3 Å². The fourth-order valence-electron chi connectivity index (χ4n) is 2.17. The first-order valence-electron chi connectivity index (χ1n) is 6.33. The van der Waals surface area contributed by atoms with Crippen LogP contribution in [0.2, 0.25) is 0 Å². The van der Waals surface area contributed by atoms with Crippen molar-refractivity contribution in [2.45, 2.75) is 30.6 Å². The second-order valence-electron chi connectivity index (χ2n) is 5.01. The SMILES string of the molecule is CC1(CNC(=O)C(N)c2ccccc2)CCCS1. The van der Waals surface area contributed by atoms with Gasteiger partial charge in [0.2, 0.25) is 5.91 Å². The molecule has 1 heterocycles. The lowest BCUT2D eigenvalue weighted by Gasteiger charge is -2.24. The Balaban J connectivity index is 1.88. The summed E-state index contributed by atoms with van der Waals surface area (Å²) in [6.07, 6.45) is 2.40. The molecule has 1 amide bonds. The van der Waals surface area contributed by atoms with E-state index in [1.807, 2.05) is 42.1 Å². The summed E-state index contributed by atoms with van der Waals surface area (Å²) in [6, 6.07) is 8.92. The van der Waals surface area contributed by atoms with Crippen LogP contribution in [0.4, 0.5) is 0 Å². The van der Waals surface area contributed by atoms with Crippen molar-refractivity contribution in [1.82, 2.24) is 5.32 Å². The van der Waals surface area contributed by atoms with Crippen LogP contribution in [0, 0.1) is 0 Å². The minimum atomic E-state index is -0.568. The second kappa shape index (κ2) is 5.76. The molecule has 1 aromatic rings. The molecule has 0 saturated carbocycles. The van der Waals surface area contributed by atoms with E-state index in [2.05, 4.69) is 12.2 Å². The third-order valence-corrected chi connectivity index (χ3v) is 4.92. The van der Waals surface area contributed by atoms with Gasteiger partial charge in [-0.05, 0) is 31.1 Å². The van der Waals surface area contributed by atoms with Crippen molar-refractivity contribution in [2.24, 2.45) is 5.73 Å². The van der Waals surface area contributed by atoms with Gasteiger partial charge in [0.15, 0.2) is 0 Å². The number of benzene rings is 1. The fraction of sp³-hybridized carbons (Fsp3) is 0.500. The van der Waals surface area contributed by atoms with Gasteiger partial charge >= 0.3 is 0 Å². The van der Waals surface area contributed by atoms with Gasteiger partial charge in [0.05, 0.1) is 0 Å². The monoisotopic (exact) mass is 264 g/mol. The summed E-state index contributed by atoms with van der Waals surface area (Å²) in [5, 5.41) is 2.98. The van der Waals surface area contributed by atoms with Gasteiger partial charge in [-0.25, -0.2) is 0 Å². The van der Waals surface area contributed by atoms with E-state index in [1.165, 1.54) is 18.6 Å². The molecule has 0 radical (unpaired) electrons. The number of nitrogens with one attached hydrogen (secondary N) is 1. The normalized spacial score (nSPS) is 24.8. The van der Waals surface area contributed by atoms with Crippen molar-refractivity contribution >= 4 is 17.7 Å². The lowest BCUT2D eigenvalue weighted by atomic mass is 10.0. The third kappa shape index (κ3) is 3.27. The van der Waals surface area contributed by atoms with Crippen LogP contribution in [0.3, 0.4) is 0 Å². The number of hydrogen-bond donors (Lipinski definition) is 2. The van der Waals surface area contributed by atoms with E-state index in [0.717, 1.165) is 5.56 Å². The van der Waals surface area contributed by atoms with Gasteiger partial charge in [-0.15, -0.1) is 0 Å². The molecule has 3 N–H and O–H groups in total. The molecule has 2 atom stereocenters. The number of hydrogen-bond acceptors (Lipinski definition) is 3. The van der Waals surface area contributed by atoms with Crippen molar-refractivity contribution < 1.29 is 4.79 Å². The molecule has 1 aromatic carbocycles. The standard InChI is InChI=1S/C14H20N2OS/c1-14(8-5-9-18-14)10-16-13(17)12(15)11-6-3-2-4-7-11/h2-4,6-7,12H,5,8-10,15H2,1H3,(H,16,17). The maximum atomic E-state index is 12.0. The third-order valence-electron chi connectivity index (χ3n) is 3.38. The van der Waals surface area contributed by atoms with Crippen LogP contribution in [0.1, 0.15) is 31.4 Å². The molecule has 1 fully saturated rings. The quantitative estimate of drug-likeness (QED) is 0.875. The molecule has 98 valence electrons. The van der Waals surface area contributed by atoms with E-state index in [0.29, 0.717) is 6.54 Å². The summed E-state index contributed by atoms with van der Waals surface area (Å²) in [5.74, 6) is 1.10. The van der Waals surface area contributed by atoms with Crippen molar-refractivity contribution in [1.29, 1.82) is 0 Å². The molecule has 0 spiro atoms. The highest BCUT2D eigenvalue weighted by Gasteiger charge is 2.30. The maximum Gasteiger partial charge on any atom is 0.241 e. The van der Waals surface area contributed by atoms with E-state index in [4.69, 9.17) is 5.73 Å². The predicted molar refractivity (Wildman–Crippen MR) is 76.5 cm³/mol. The number of amides is 1. The molecule has 3 nitrogen and oxygen atoms in total. The minimum Gasteiger partial charge on any atom is -0.353 e. The molecule has 1 aliphatic rings. The number of nitrogens with two attached hydrogens (primary N) is 1. The largest absolute Gasteiger partial charge is 0.353 e. The zero-order valence-corrected chi connectivity index (χ0v) is 11.5. The van der Waals surface area contributed by atoms with Gasteiger partial charge in [-0.1, -0.05) is 30.3 Å². The maximum absolute atomic E-state index is 12.0. The average Bonchev–Trinajstić information content (AvgIpc) is 2.83. The Labute approximate surface area is 113 Å². The Bertz CT molecular complexity index is 402. The van der Waals surface area contributed by atoms with E-state index in [9.17, 15) is 4.79 Å². The highest BCUT2D eigenvalue weighted by atomic mass is 32.2. The Kier molecular flexibility index (Phi) is 4.30. The van der Waals surface area contributed by atoms with E-state index in [-0.39, 0.29) is 10.7 Å². The zero-order valence-electron chi connectivity index (χ0n) is 10.7. The van der Waals surface area contributed by atoms with E-state index >= 15 is 0 Å². The lowest BCUT2D eigenvalue weighted by Crippen LogP contribution is -2.41. The molecule has 1 saturated heterocycles. The van der Waals surface area contributed by atoms with Crippen LogP contribution in [0.25, 0.3) is 0 Å². The summed E-state index contributed by atoms with van der Waals surface area (Å²) in [5.41, 5.74) is 6.81. The molecule has 0 bridgehead atoms. The second-order valence-corrected chi connectivity index (χ2v) is 6.69. The Morgan fingerprint density at radius 1 is 1.50 bits per heavy atom. The van der Waals surface area contributed by atoms with Crippen LogP contribution in [-0.2, 0) is 4.79 Å². The molecule has 1 aliphatic heterocycles. The fourth-order valence-corrected chi connectivity index (χ4v) is 3.42. The summed E-state index contributed by atoms with van der Waals surface area (Å²) in [4.78, 5) is 12.0. The highest BCUT2D eigenvalue weighted by molar-refractivity contribution is 8.00. The molecule has 0 aromatic heterocycles. The van der Waals surface area contributed by atoms with Crippen LogP contribution < -0.4 is 11.1 Å². The Morgan fingerprint density at radius 3 is 2.83 bits per heavy atom. The van der Waals surface area contributed by atoms with E-state index < -0.39 is 6.04 Å². The predicted octanol–water partition coefficient (Wildman–Crippen LogP) is 2.09. The van der Waals surface area contributed by atoms with Gasteiger partial charge in [-0.3, -0.25) is 4.79 Å². The molecule has 0 aliphatic carbocycles. The molecule has 2 unspecified atom stereocenters. The minimum absolute atomic E-state index is 0.0880. The van der Waals surface area contributed by atoms with E-state index in [1.54, 1.807) is 0 Å². The van der Waals surface area contributed by atoms with Crippen molar-refractivity contribution in [2.75, 3.05) is 12.3 Å². The summed E-state index contributed by atoms with van der Waals surface area (Å²) >= 11 is 1.94. The molecule has 4 heteroatoms. The van der Waals surface area contributed by atoms with Crippen LogP contribution in [0.15, 0.2) is 30.3 Å². The smallest absolute Gasteiger partial charge is 0.241 e. The van der Waals surface area contributed by atoms with Crippen molar-refractivity contribution in [3.05, 3.63) is 35.9 Å². The van der Waals surface area contributed by atoms with Crippen LogP contribution in [-0.4, -0.2) is 23.0 Å². The summed E-state index contributed by atoms with van der Waals surface area (Å²) < 4.78 is 0.187. The van der Waals surface area contributed by atoms with Crippen molar-refractivity contribution in [3.63, 3.8) is 0 Å². The highest BCUT2D eigenvalue weighted by Crippen LogP contribution is 2.36. The Hall–Kier alpha value is -1.00. The first-order chi connectivity index (χ1) is 8.61. The first kappa shape index (κ1) is 13.4. The molecule has 18 heavy (non-hydrogen) atoms. The number of thioether (sulfide) groups is 1. The van der Waals surface area contributed by atoms with Gasteiger partial charge < -0.3 is 11.1 Å². The van der Waals surface area contributed by atoms with Gasteiger partial charge in [-0.2, -0.15) is 11.8 Å². The van der Waals surface area contributed by atoms with Gasteiger partial charge in [0.25, 0.3) is 0 Å².